The first-order valence-corrected chi connectivity index (χ1v) is 18.3. The van der Waals surface area contributed by atoms with Gasteiger partial charge in [-0.2, -0.15) is 4.98 Å². The summed E-state index contributed by atoms with van der Waals surface area (Å²) in [5.74, 6) is 1.79. The molecule has 2 saturated heterocycles. The molecule has 10 nitrogen and oxygen atoms in total. The quantitative estimate of drug-likeness (QED) is 0.265. The van der Waals surface area contributed by atoms with Crippen LogP contribution in [-0.2, 0) is 16.3 Å². The van der Waals surface area contributed by atoms with E-state index in [9.17, 15) is 8.42 Å². The Labute approximate surface area is 273 Å². The molecule has 1 aromatic heterocycles. The molecule has 13 heteroatoms. The molecule has 0 bridgehead atoms. The fraction of sp³-hybridized carbons (Fsp3) is 0.500. The number of nitrogens with zero attached hydrogens (tertiary/aromatic N) is 7. The van der Waals surface area contributed by atoms with Gasteiger partial charge in [0.25, 0.3) is 0 Å². The SMILES string of the molecule is CCc1cnc(N(P)c2ccc(N3CCC(N4CCN(C)CC4)CC3)cc2OC)nc1N(P)c1ccccc1S(=O)(=O)C(C)C. The number of piperazine rings is 1. The van der Waals surface area contributed by atoms with Gasteiger partial charge in [0.05, 0.1) is 28.6 Å². The van der Waals surface area contributed by atoms with Crippen molar-refractivity contribution < 1.29 is 13.2 Å². The Bertz CT molecular complexity index is 1580. The number of likely N-dealkylation sites (N-methyl/N-ethyl adjacent to an activating group) is 1. The fourth-order valence-electron chi connectivity index (χ4n) is 6.07. The van der Waals surface area contributed by atoms with Gasteiger partial charge in [-0.1, -0.05) is 19.1 Å². The molecule has 2 aliphatic heterocycles. The van der Waals surface area contributed by atoms with Crippen molar-refractivity contribution in [2.75, 3.05) is 67.7 Å². The first kappa shape index (κ1) is 33.8. The molecule has 2 unspecified atom stereocenters. The normalized spacial score (nSPS) is 17.1. The molecule has 0 aliphatic carbocycles. The van der Waals surface area contributed by atoms with Gasteiger partial charge in [-0.05, 0) is 83.2 Å². The molecule has 2 fully saturated rings. The first-order chi connectivity index (χ1) is 21.5. The van der Waals surface area contributed by atoms with Gasteiger partial charge < -0.3 is 19.2 Å². The lowest BCUT2D eigenvalue weighted by atomic mass is 10.0. The van der Waals surface area contributed by atoms with E-state index in [1.165, 1.54) is 0 Å². The minimum absolute atomic E-state index is 0.268. The molecule has 45 heavy (non-hydrogen) atoms. The third kappa shape index (κ3) is 7.23. The second-order valence-electron chi connectivity index (χ2n) is 12.1. The van der Waals surface area contributed by atoms with Crippen LogP contribution in [0.5, 0.6) is 5.75 Å². The lowest BCUT2D eigenvalue weighted by molar-refractivity contribution is 0.0982. The Morgan fingerprint density at radius 1 is 0.978 bits per heavy atom. The molecule has 244 valence electrons. The molecule has 0 radical (unpaired) electrons. The Kier molecular flexibility index (Phi) is 10.9. The number of piperidine rings is 1. The summed E-state index contributed by atoms with van der Waals surface area (Å²) in [6.07, 6.45) is 4.81. The predicted octanol–water partition coefficient (Wildman–Crippen LogP) is 5.30. The van der Waals surface area contributed by atoms with Crippen molar-refractivity contribution in [2.45, 2.75) is 56.2 Å². The first-order valence-electron chi connectivity index (χ1n) is 15.7. The number of hydrogen-bond acceptors (Lipinski definition) is 10. The second-order valence-corrected chi connectivity index (χ2v) is 15.6. The van der Waals surface area contributed by atoms with Crippen molar-refractivity contribution >= 4 is 57.4 Å². The third-order valence-electron chi connectivity index (χ3n) is 9.01. The number of aromatic nitrogens is 2. The van der Waals surface area contributed by atoms with E-state index in [-0.39, 0.29) is 4.90 Å². The van der Waals surface area contributed by atoms with Gasteiger partial charge in [0.1, 0.15) is 11.6 Å². The molecule has 3 heterocycles. The zero-order valence-corrected chi connectivity index (χ0v) is 30.2. The van der Waals surface area contributed by atoms with E-state index >= 15 is 0 Å². The summed E-state index contributed by atoms with van der Waals surface area (Å²) in [7, 11) is 5.74. The lowest BCUT2D eigenvalue weighted by Crippen LogP contribution is -2.52. The van der Waals surface area contributed by atoms with Crippen LogP contribution in [0.25, 0.3) is 0 Å². The molecule has 0 N–H and O–H groups in total. The van der Waals surface area contributed by atoms with E-state index in [1.54, 1.807) is 50.0 Å². The van der Waals surface area contributed by atoms with Gasteiger partial charge >= 0.3 is 0 Å². The molecular weight excluding hydrogens is 624 g/mol. The van der Waals surface area contributed by atoms with Crippen LogP contribution in [0.15, 0.2) is 53.6 Å². The highest BCUT2D eigenvalue weighted by Gasteiger charge is 2.28. The van der Waals surface area contributed by atoms with Crippen molar-refractivity contribution in [1.82, 2.24) is 19.8 Å². The lowest BCUT2D eigenvalue weighted by Gasteiger charge is -2.42. The van der Waals surface area contributed by atoms with Crippen LogP contribution in [0, 0.1) is 0 Å². The maximum absolute atomic E-state index is 13.2. The zero-order valence-electron chi connectivity index (χ0n) is 27.1. The molecule has 0 saturated carbocycles. The van der Waals surface area contributed by atoms with Crippen LogP contribution >= 0.6 is 18.8 Å². The molecule has 2 atom stereocenters. The number of anilines is 5. The number of benzene rings is 2. The number of rotatable bonds is 10. The van der Waals surface area contributed by atoms with Gasteiger partial charge in [0, 0.05) is 68.8 Å². The molecule has 5 rings (SSSR count). The average Bonchev–Trinajstić information content (AvgIpc) is 3.07. The molecule has 0 spiro atoms. The van der Waals surface area contributed by atoms with E-state index in [2.05, 4.69) is 57.6 Å². The van der Waals surface area contributed by atoms with E-state index in [4.69, 9.17) is 9.72 Å². The van der Waals surface area contributed by atoms with Crippen molar-refractivity contribution in [3.05, 3.63) is 54.2 Å². The summed E-state index contributed by atoms with van der Waals surface area (Å²) in [6, 6.07) is 14.0. The largest absolute Gasteiger partial charge is 0.494 e. The van der Waals surface area contributed by atoms with E-state index in [0.717, 1.165) is 74.8 Å². The fourth-order valence-corrected chi connectivity index (χ4v) is 8.19. The minimum atomic E-state index is -3.52. The van der Waals surface area contributed by atoms with Crippen molar-refractivity contribution in [1.29, 1.82) is 0 Å². The Morgan fingerprint density at radius 2 is 1.67 bits per heavy atom. The van der Waals surface area contributed by atoms with Gasteiger partial charge in [0.2, 0.25) is 5.95 Å². The zero-order chi connectivity index (χ0) is 32.3. The summed E-state index contributed by atoms with van der Waals surface area (Å²) >= 11 is 0. The monoisotopic (exact) mass is 671 g/mol. The highest BCUT2D eigenvalue weighted by Crippen LogP contribution is 2.41. The number of para-hydroxylation sites is 1. The van der Waals surface area contributed by atoms with Gasteiger partial charge in [0.15, 0.2) is 9.84 Å². The van der Waals surface area contributed by atoms with E-state index in [0.29, 0.717) is 29.9 Å². The molecule has 0 amide bonds. The Hall–Kier alpha value is -2.55. The summed E-state index contributed by atoms with van der Waals surface area (Å²) in [6.45, 7) is 12.1. The van der Waals surface area contributed by atoms with Crippen LogP contribution < -0.4 is 19.0 Å². The number of hydrogen-bond donors (Lipinski definition) is 0. The maximum Gasteiger partial charge on any atom is 0.234 e. The van der Waals surface area contributed by atoms with Crippen molar-refractivity contribution in [3.63, 3.8) is 0 Å². The minimum Gasteiger partial charge on any atom is -0.494 e. The van der Waals surface area contributed by atoms with Crippen molar-refractivity contribution in [3.8, 4) is 5.75 Å². The highest BCUT2D eigenvalue weighted by molar-refractivity contribution is 7.92. The smallest absolute Gasteiger partial charge is 0.234 e. The Morgan fingerprint density at radius 3 is 2.31 bits per heavy atom. The van der Waals surface area contributed by atoms with Crippen LogP contribution in [0.4, 0.5) is 28.8 Å². The summed E-state index contributed by atoms with van der Waals surface area (Å²) in [4.78, 5) is 17.4. The standard InChI is InChI=1S/C32H47N7O3P2S/c1-6-24-22-33-32(34-31(24)38(43)28-9-7-8-10-30(28)45(40,41)23(2)3)39(44)27-12-11-26(21-29(27)42-5)36-15-13-25(14-16-36)37-19-17-35(4)18-20-37/h7-12,21-23,25H,6,13-20,43-44H2,1-5H3. The molecule has 2 aliphatic rings. The van der Waals surface area contributed by atoms with Gasteiger partial charge in [-0.25, -0.2) is 13.4 Å². The third-order valence-corrected chi connectivity index (χ3v) is 12.2. The predicted molar refractivity (Wildman–Crippen MR) is 191 cm³/mol. The maximum atomic E-state index is 13.2. The van der Waals surface area contributed by atoms with Crippen LogP contribution in [0.1, 0.15) is 39.2 Å². The topological polar surface area (TPSA) is 85.4 Å². The van der Waals surface area contributed by atoms with Crippen LogP contribution in [-0.4, -0.2) is 92.9 Å². The van der Waals surface area contributed by atoms with Gasteiger partial charge in [-0.3, -0.25) is 9.57 Å². The second kappa shape index (κ2) is 14.5. The molecule has 3 aromatic rings. The number of methoxy groups -OCH3 is 1. The van der Waals surface area contributed by atoms with Crippen LogP contribution in [0.2, 0.25) is 0 Å². The highest BCUT2D eigenvalue weighted by atomic mass is 32.2. The molecular formula is C32H47N7O3P2S. The van der Waals surface area contributed by atoms with Crippen LogP contribution in [0.3, 0.4) is 0 Å². The number of sulfone groups is 1. The van der Waals surface area contributed by atoms with Crippen molar-refractivity contribution in [2.24, 2.45) is 0 Å². The molecule has 2 aromatic carbocycles. The number of ether oxygens (including phenoxy) is 1. The Balaban J connectivity index is 1.37. The van der Waals surface area contributed by atoms with Gasteiger partial charge in [-0.15, -0.1) is 0 Å². The van der Waals surface area contributed by atoms with E-state index in [1.807, 2.05) is 23.7 Å². The summed E-state index contributed by atoms with van der Waals surface area (Å²) in [5, 5.41) is -0.551. The average molecular weight is 672 g/mol. The number of aryl methyl sites for hydroxylation is 1. The summed E-state index contributed by atoms with van der Waals surface area (Å²) in [5.41, 5.74) is 3.40. The van der Waals surface area contributed by atoms with E-state index < -0.39 is 15.1 Å². The summed E-state index contributed by atoms with van der Waals surface area (Å²) < 4.78 is 35.9.